The Labute approximate surface area is 74.6 Å². The zero-order chi connectivity index (χ0) is 9.03. The fraction of sp³-hybridized carbons (Fsp3) is 0.700. The molecule has 0 bridgehead atoms. The zero-order valence-corrected chi connectivity index (χ0v) is 8.30. The van der Waals surface area contributed by atoms with Gasteiger partial charge in [0.1, 0.15) is 12.4 Å². The summed E-state index contributed by atoms with van der Waals surface area (Å²) in [6.07, 6.45) is 8.57. The number of H-pyrrole nitrogens is 1. The number of aromatic nitrogens is 2. The van der Waals surface area contributed by atoms with Gasteiger partial charge in [0, 0.05) is 0 Å². The van der Waals surface area contributed by atoms with Crippen molar-refractivity contribution >= 4 is 0 Å². The number of nitrogens with one attached hydrogen (secondary N) is 1. The van der Waals surface area contributed by atoms with Crippen LogP contribution in [0.25, 0.3) is 0 Å². The molecule has 0 atom stereocenters. The van der Waals surface area contributed by atoms with E-state index in [0.717, 1.165) is 6.54 Å². The quantitative estimate of drug-likeness (QED) is 0.665. The Morgan fingerprint density at radius 1 is 1.33 bits per heavy atom. The van der Waals surface area contributed by atoms with Gasteiger partial charge in [0.05, 0.1) is 6.54 Å². The molecule has 0 aliphatic rings. The smallest absolute Gasteiger partial charge is 0.241 e. The number of hydrogen-bond acceptors (Lipinski definition) is 0. The van der Waals surface area contributed by atoms with E-state index in [1.807, 2.05) is 12.5 Å². The van der Waals surface area contributed by atoms with Crippen LogP contribution < -0.4 is 4.57 Å². The minimum atomic E-state index is 0.469. The Balaban J connectivity index is 2.20. The van der Waals surface area contributed by atoms with Gasteiger partial charge < -0.3 is 0 Å². The Bertz CT molecular complexity index is 206. The topological polar surface area (TPSA) is 19.7 Å². The normalized spacial score (nSPS) is 11.9. The zero-order valence-electron chi connectivity index (χ0n) is 8.30. The second-order valence-electron chi connectivity index (χ2n) is 4.51. The molecule has 0 aliphatic heterocycles. The van der Waals surface area contributed by atoms with Gasteiger partial charge in [-0.2, -0.15) is 0 Å². The lowest BCUT2D eigenvalue weighted by atomic mass is 9.91. The van der Waals surface area contributed by atoms with Gasteiger partial charge in [-0.05, 0) is 18.3 Å². The van der Waals surface area contributed by atoms with Gasteiger partial charge in [-0.3, -0.25) is 4.98 Å². The summed E-state index contributed by atoms with van der Waals surface area (Å²) in [6, 6.07) is 0. The van der Waals surface area contributed by atoms with Crippen LogP contribution in [0.1, 0.15) is 33.6 Å². The van der Waals surface area contributed by atoms with Crippen LogP contribution in [0.3, 0.4) is 0 Å². The minimum absolute atomic E-state index is 0.469. The highest BCUT2D eigenvalue weighted by atomic mass is 15.0. The molecule has 0 spiro atoms. The third-order valence-electron chi connectivity index (χ3n) is 1.95. The molecule has 0 saturated heterocycles. The first-order valence-electron chi connectivity index (χ1n) is 4.60. The maximum atomic E-state index is 3.04. The van der Waals surface area contributed by atoms with E-state index in [-0.39, 0.29) is 0 Å². The first-order valence-corrected chi connectivity index (χ1v) is 4.60. The van der Waals surface area contributed by atoms with Crippen LogP contribution in [-0.4, -0.2) is 4.98 Å². The third-order valence-corrected chi connectivity index (χ3v) is 1.95. The molecule has 0 fully saturated rings. The standard InChI is InChI=1S/C10H18N2/c1-10(2,3)5-4-7-12-8-6-11-9-12/h6,8-9H,4-5,7H2,1-3H3/p+1. The van der Waals surface area contributed by atoms with Gasteiger partial charge in [-0.1, -0.05) is 20.8 Å². The molecule has 2 heteroatoms. The first kappa shape index (κ1) is 9.30. The third kappa shape index (κ3) is 3.56. The van der Waals surface area contributed by atoms with E-state index in [1.54, 1.807) is 0 Å². The molecule has 0 unspecified atom stereocenters. The number of aryl methyl sites for hydroxylation is 1. The van der Waals surface area contributed by atoms with Crippen molar-refractivity contribution in [1.82, 2.24) is 4.98 Å². The molecule has 0 aromatic carbocycles. The highest BCUT2D eigenvalue weighted by Gasteiger charge is 2.09. The molecule has 1 N–H and O–H groups in total. The van der Waals surface area contributed by atoms with E-state index in [4.69, 9.17) is 0 Å². The van der Waals surface area contributed by atoms with Crippen molar-refractivity contribution in [3.8, 4) is 0 Å². The van der Waals surface area contributed by atoms with Crippen molar-refractivity contribution < 1.29 is 4.57 Å². The average molecular weight is 167 g/mol. The maximum absolute atomic E-state index is 3.04. The first-order chi connectivity index (χ1) is 5.58. The molecule has 12 heavy (non-hydrogen) atoms. The predicted molar refractivity (Wildman–Crippen MR) is 49.7 cm³/mol. The minimum Gasteiger partial charge on any atom is -0.250 e. The van der Waals surface area contributed by atoms with Crippen LogP contribution in [0.15, 0.2) is 18.7 Å². The van der Waals surface area contributed by atoms with E-state index in [1.165, 1.54) is 12.8 Å². The Morgan fingerprint density at radius 3 is 2.58 bits per heavy atom. The summed E-state index contributed by atoms with van der Waals surface area (Å²) in [5.74, 6) is 0. The van der Waals surface area contributed by atoms with E-state index >= 15 is 0 Å². The van der Waals surface area contributed by atoms with E-state index < -0.39 is 0 Å². The SMILES string of the molecule is CC(C)(C)CCC[n+]1cc[nH]c1. The summed E-state index contributed by atoms with van der Waals surface area (Å²) < 4.78 is 2.19. The van der Waals surface area contributed by atoms with Crippen molar-refractivity contribution in [1.29, 1.82) is 0 Å². The average Bonchev–Trinajstić information content (AvgIpc) is 2.36. The molecule has 0 aliphatic carbocycles. The summed E-state index contributed by atoms with van der Waals surface area (Å²) >= 11 is 0. The molecule has 1 aromatic heterocycles. The van der Waals surface area contributed by atoms with Crippen molar-refractivity contribution in [2.45, 2.75) is 40.2 Å². The van der Waals surface area contributed by atoms with Crippen LogP contribution in [0.2, 0.25) is 0 Å². The van der Waals surface area contributed by atoms with Crippen molar-refractivity contribution in [3.05, 3.63) is 18.7 Å². The van der Waals surface area contributed by atoms with Crippen molar-refractivity contribution in [2.75, 3.05) is 0 Å². The van der Waals surface area contributed by atoms with Gasteiger partial charge in [0.2, 0.25) is 6.33 Å². The van der Waals surface area contributed by atoms with Crippen LogP contribution in [0.4, 0.5) is 0 Å². The highest BCUT2D eigenvalue weighted by molar-refractivity contribution is 4.60. The Morgan fingerprint density at radius 2 is 2.08 bits per heavy atom. The number of aromatic amines is 1. The largest absolute Gasteiger partial charge is 0.250 e. The number of rotatable bonds is 3. The van der Waals surface area contributed by atoms with Crippen LogP contribution in [-0.2, 0) is 6.54 Å². The Hall–Kier alpha value is -0.790. The van der Waals surface area contributed by atoms with Gasteiger partial charge >= 0.3 is 0 Å². The molecule has 0 radical (unpaired) electrons. The molecule has 1 rings (SSSR count). The van der Waals surface area contributed by atoms with Crippen LogP contribution in [0, 0.1) is 5.41 Å². The summed E-state index contributed by atoms with van der Waals surface area (Å²) in [7, 11) is 0. The van der Waals surface area contributed by atoms with E-state index in [2.05, 4.69) is 36.5 Å². The summed E-state index contributed by atoms with van der Waals surface area (Å²) in [5, 5.41) is 0. The van der Waals surface area contributed by atoms with Gasteiger partial charge in [0.25, 0.3) is 0 Å². The molecular formula is C10H19N2+. The van der Waals surface area contributed by atoms with Crippen molar-refractivity contribution in [2.24, 2.45) is 5.41 Å². The van der Waals surface area contributed by atoms with E-state index in [0.29, 0.717) is 5.41 Å². The molecular weight excluding hydrogens is 148 g/mol. The highest BCUT2D eigenvalue weighted by Crippen LogP contribution is 2.19. The molecule has 68 valence electrons. The lowest BCUT2D eigenvalue weighted by Crippen LogP contribution is -2.30. The lowest BCUT2D eigenvalue weighted by Gasteiger charge is -2.16. The Kier molecular flexibility index (Phi) is 2.90. The number of nitrogens with zero attached hydrogens (tertiary/aromatic N) is 1. The second-order valence-corrected chi connectivity index (χ2v) is 4.51. The van der Waals surface area contributed by atoms with Crippen LogP contribution in [0.5, 0.6) is 0 Å². The summed E-state index contributed by atoms with van der Waals surface area (Å²) in [5.41, 5.74) is 0.469. The van der Waals surface area contributed by atoms with Gasteiger partial charge in [-0.15, -0.1) is 0 Å². The fourth-order valence-corrected chi connectivity index (χ4v) is 1.25. The summed E-state index contributed by atoms with van der Waals surface area (Å²) in [6.45, 7) is 7.99. The fourth-order valence-electron chi connectivity index (χ4n) is 1.25. The summed E-state index contributed by atoms with van der Waals surface area (Å²) in [4.78, 5) is 3.04. The predicted octanol–water partition coefficient (Wildman–Crippen LogP) is 2.13. The number of imidazole rings is 1. The monoisotopic (exact) mass is 167 g/mol. The van der Waals surface area contributed by atoms with E-state index in [9.17, 15) is 0 Å². The molecule has 0 saturated carbocycles. The van der Waals surface area contributed by atoms with Gasteiger partial charge in [0.15, 0.2) is 0 Å². The lowest BCUT2D eigenvalue weighted by molar-refractivity contribution is -0.696. The molecule has 0 amide bonds. The number of hydrogen-bond donors (Lipinski definition) is 1. The molecule has 1 aromatic rings. The molecule has 2 nitrogen and oxygen atoms in total. The second kappa shape index (κ2) is 3.74. The van der Waals surface area contributed by atoms with Crippen molar-refractivity contribution in [3.63, 3.8) is 0 Å². The molecule has 1 heterocycles. The van der Waals surface area contributed by atoms with Gasteiger partial charge in [-0.25, -0.2) is 4.57 Å². The van der Waals surface area contributed by atoms with Crippen LogP contribution >= 0.6 is 0 Å². The maximum Gasteiger partial charge on any atom is 0.241 e.